The first-order chi connectivity index (χ1) is 10.3. The van der Waals surface area contributed by atoms with Gasteiger partial charge >= 0.3 is 6.09 Å². The summed E-state index contributed by atoms with van der Waals surface area (Å²) in [6.45, 7) is 0.563. The molecular weight excluding hydrogens is 274 g/mol. The molecule has 6 heteroatoms. The molecule has 0 saturated carbocycles. The van der Waals surface area contributed by atoms with Crippen molar-refractivity contribution in [3.8, 4) is 0 Å². The number of nitrogens with zero attached hydrogens (tertiary/aromatic N) is 1. The number of likely N-dealkylation sites (N-methyl/N-ethyl adjacent to an activating group) is 1. The Morgan fingerprint density at radius 2 is 1.90 bits per heavy atom. The number of fused-ring (bicyclic) bond motifs is 3. The molecule has 21 heavy (non-hydrogen) atoms. The molecule has 3 heterocycles. The Morgan fingerprint density at radius 3 is 2.71 bits per heavy atom. The van der Waals surface area contributed by atoms with E-state index >= 15 is 0 Å². The fraction of sp³-hybridized carbons (Fsp3) is 0.533. The van der Waals surface area contributed by atoms with E-state index in [1.165, 1.54) is 0 Å². The molecule has 0 aliphatic carbocycles. The Labute approximate surface area is 122 Å². The number of hydrogen-bond acceptors (Lipinski definition) is 5. The van der Waals surface area contributed by atoms with Crippen molar-refractivity contribution in [1.82, 2.24) is 4.90 Å². The summed E-state index contributed by atoms with van der Waals surface area (Å²) in [5, 5.41) is 0. The minimum Gasteiger partial charge on any atom is -0.441 e. The third-order valence-electron chi connectivity index (χ3n) is 4.42. The molecular formula is C15H17NO5. The van der Waals surface area contributed by atoms with E-state index < -0.39 is 0 Å². The summed E-state index contributed by atoms with van der Waals surface area (Å²) in [5.41, 5.74) is 1.06. The van der Waals surface area contributed by atoms with Gasteiger partial charge in [-0.1, -0.05) is 30.3 Å². The predicted molar refractivity (Wildman–Crippen MR) is 71.6 cm³/mol. The Kier molecular flexibility index (Phi) is 3.10. The monoisotopic (exact) mass is 291 g/mol. The zero-order valence-corrected chi connectivity index (χ0v) is 11.7. The molecule has 1 aromatic rings. The van der Waals surface area contributed by atoms with E-state index in [0.29, 0.717) is 6.61 Å². The highest BCUT2D eigenvalue weighted by Crippen LogP contribution is 2.39. The van der Waals surface area contributed by atoms with E-state index in [4.69, 9.17) is 18.9 Å². The number of ether oxygens (including phenoxy) is 4. The summed E-state index contributed by atoms with van der Waals surface area (Å²) in [6, 6.07) is 9.83. The van der Waals surface area contributed by atoms with Crippen LogP contribution in [0.4, 0.5) is 4.79 Å². The number of carbonyl (C=O) groups is 1. The smallest absolute Gasteiger partial charge is 0.410 e. The van der Waals surface area contributed by atoms with Gasteiger partial charge in [0.2, 0.25) is 0 Å². The van der Waals surface area contributed by atoms with Gasteiger partial charge in [-0.25, -0.2) is 4.79 Å². The Hall–Kier alpha value is -1.63. The fourth-order valence-electron chi connectivity index (χ4n) is 3.38. The van der Waals surface area contributed by atoms with Crippen LogP contribution in [-0.4, -0.2) is 55.8 Å². The first kappa shape index (κ1) is 13.1. The molecule has 1 aromatic carbocycles. The summed E-state index contributed by atoms with van der Waals surface area (Å²) >= 11 is 0. The van der Waals surface area contributed by atoms with Crippen molar-refractivity contribution in [2.75, 3.05) is 20.4 Å². The molecule has 3 saturated heterocycles. The van der Waals surface area contributed by atoms with Gasteiger partial charge in [0.1, 0.15) is 37.3 Å². The number of carbonyl (C=O) groups excluding carboxylic acids is 1. The molecule has 0 unspecified atom stereocenters. The Morgan fingerprint density at radius 1 is 1.10 bits per heavy atom. The van der Waals surface area contributed by atoms with Crippen molar-refractivity contribution in [3.05, 3.63) is 35.9 Å². The fourth-order valence-corrected chi connectivity index (χ4v) is 3.38. The summed E-state index contributed by atoms with van der Waals surface area (Å²) in [7, 11) is 1.74. The molecule has 3 aliphatic rings. The van der Waals surface area contributed by atoms with Gasteiger partial charge < -0.3 is 23.8 Å². The number of rotatable bonds is 1. The Balaban J connectivity index is 1.63. The van der Waals surface area contributed by atoms with Crippen LogP contribution in [0.2, 0.25) is 0 Å². The second-order valence-electron chi connectivity index (χ2n) is 5.57. The van der Waals surface area contributed by atoms with Crippen molar-refractivity contribution >= 4 is 6.09 Å². The molecule has 0 radical (unpaired) electrons. The minimum atomic E-state index is -0.319. The third kappa shape index (κ3) is 2.02. The van der Waals surface area contributed by atoms with Crippen molar-refractivity contribution in [1.29, 1.82) is 0 Å². The molecule has 6 nitrogen and oxygen atoms in total. The molecule has 0 bridgehead atoms. The van der Waals surface area contributed by atoms with Crippen molar-refractivity contribution in [2.45, 2.75) is 30.5 Å². The van der Waals surface area contributed by atoms with Gasteiger partial charge in [-0.2, -0.15) is 0 Å². The predicted octanol–water partition coefficient (Wildman–Crippen LogP) is 1.32. The summed E-state index contributed by atoms with van der Waals surface area (Å²) in [5.74, 6) is 0. The summed E-state index contributed by atoms with van der Waals surface area (Å²) in [6.07, 6.45) is -1.24. The highest BCUT2D eigenvalue weighted by molar-refractivity contribution is 5.70. The van der Waals surface area contributed by atoms with E-state index in [0.717, 1.165) is 5.56 Å². The van der Waals surface area contributed by atoms with Crippen LogP contribution in [0.5, 0.6) is 0 Å². The Bertz CT molecular complexity index is 536. The van der Waals surface area contributed by atoms with Crippen molar-refractivity contribution in [3.63, 3.8) is 0 Å². The van der Waals surface area contributed by atoms with E-state index in [-0.39, 0.29) is 43.3 Å². The van der Waals surface area contributed by atoms with Crippen LogP contribution in [0.3, 0.4) is 0 Å². The van der Waals surface area contributed by atoms with Gasteiger partial charge in [0.15, 0.2) is 0 Å². The van der Waals surface area contributed by atoms with Gasteiger partial charge in [-0.3, -0.25) is 0 Å². The highest BCUT2D eigenvalue weighted by Gasteiger charge is 2.54. The van der Waals surface area contributed by atoms with Gasteiger partial charge in [-0.15, -0.1) is 0 Å². The largest absolute Gasteiger partial charge is 0.441 e. The summed E-state index contributed by atoms with van der Waals surface area (Å²) < 4.78 is 22.7. The number of amides is 1. The average molecular weight is 291 g/mol. The maximum absolute atomic E-state index is 11.7. The molecule has 0 aromatic heterocycles. The number of benzene rings is 1. The lowest BCUT2D eigenvalue weighted by molar-refractivity contribution is -0.279. The SMILES string of the molecule is CN1C(=O)O[C@H]2CO[C@@H]3[C@@H](OCO[C@H]3c3ccccc3)[C@H]21. The number of hydrogen-bond donors (Lipinski definition) is 0. The van der Waals surface area contributed by atoms with Gasteiger partial charge in [0.25, 0.3) is 0 Å². The maximum atomic E-state index is 11.7. The van der Waals surface area contributed by atoms with Crippen LogP contribution in [-0.2, 0) is 18.9 Å². The van der Waals surface area contributed by atoms with Gasteiger partial charge in [0.05, 0.1) is 6.61 Å². The minimum absolute atomic E-state index is 0.119. The molecule has 0 spiro atoms. The molecule has 4 rings (SSSR count). The molecule has 0 N–H and O–H groups in total. The molecule has 3 fully saturated rings. The molecule has 112 valence electrons. The maximum Gasteiger partial charge on any atom is 0.410 e. The van der Waals surface area contributed by atoms with Crippen LogP contribution >= 0.6 is 0 Å². The average Bonchev–Trinajstić information content (AvgIpc) is 2.83. The zero-order valence-electron chi connectivity index (χ0n) is 11.7. The molecule has 5 atom stereocenters. The van der Waals surface area contributed by atoms with E-state index in [1.807, 2.05) is 30.3 Å². The third-order valence-corrected chi connectivity index (χ3v) is 4.42. The van der Waals surface area contributed by atoms with Crippen LogP contribution in [0.25, 0.3) is 0 Å². The van der Waals surface area contributed by atoms with Crippen molar-refractivity contribution in [2.24, 2.45) is 0 Å². The van der Waals surface area contributed by atoms with Gasteiger partial charge in [0, 0.05) is 7.05 Å². The first-order valence-corrected chi connectivity index (χ1v) is 7.09. The normalized spacial score (nSPS) is 38.6. The lowest BCUT2D eigenvalue weighted by Crippen LogP contribution is -2.60. The lowest BCUT2D eigenvalue weighted by Gasteiger charge is -2.45. The molecule has 1 amide bonds. The van der Waals surface area contributed by atoms with E-state index in [1.54, 1.807) is 11.9 Å². The van der Waals surface area contributed by atoms with Crippen LogP contribution in [0.1, 0.15) is 11.7 Å². The highest BCUT2D eigenvalue weighted by atomic mass is 16.7. The van der Waals surface area contributed by atoms with E-state index in [9.17, 15) is 4.79 Å². The lowest BCUT2D eigenvalue weighted by atomic mass is 9.90. The zero-order chi connectivity index (χ0) is 14.4. The van der Waals surface area contributed by atoms with E-state index in [2.05, 4.69) is 0 Å². The summed E-state index contributed by atoms with van der Waals surface area (Å²) in [4.78, 5) is 13.3. The van der Waals surface area contributed by atoms with Crippen LogP contribution < -0.4 is 0 Å². The van der Waals surface area contributed by atoms with Crippen molar-refractivity contribution < 1.29 is 23.7 Å². The van der Waals surface area contributed by atoms with Gasteiger partial charge in [-0.05, 0) is 5.56 Å². The quantitative estimate of drug-likeness (QED) is 0.781. The second kappa shape index (κ2) is 4.98. The van der Waals surface area contributed by atoms with Crippen LogP contribution in [0, 0.1) is 0 Å². The van der Waals surface area contributed by atoms with Crippen LogP contribution in [0.15, 0.2) is 30.3 Å². The molecule has 3 aliphatic heterocycles. The standard InChI is InChI=1S/C15H17NO5/c1-16-11-10(21-15(16)17)7-18-14-12(19-8-20-13(11)14)9-5-3-2-4-6-9/h2-6,10-14H,7-8H2,1H3/t10-,11-,12-,13-,14-/m0/s1. The topological polar surface area (TPSA) is 57.2 Å². The second-order valence-corrected chi connectivity index (χ2v) is 5.57. The first-order valence-electron chi connectivity index (χ1n) is 7.09.